The number of nitrogens with one attached hydrogen (secondary N) is 1. The van der Waals surface area contributed by atoms with Crippen molar-refractivity contribution in [3.63, 3.8) is 0 Å². The van der Waals surface area contributed by atoms with Crippen molar-refractivity contribution in [2.75, 3.05) is 13.1 Å². The van der Waals surface area contributed by atoms with Crippen LogP contribution in [-0.2, 0) is 6.54 Å². The molecule has 118 valence electrons. The van der Waals surface area contributed by atoms with Crippen molar-refractivity contribution in [2.24, 2.45) is 11.8 Å². The molecule has 1 aliphatic heterocycles. The average molecular weight is 371 g/mol. The lowest BCUT2D eigenvalue weighted by molar-refractivity contribution is 0.0421. The maximum absolute atomic E-state index is 3.90. The van der Waals surface area contributed by atoms with Gasteiger partial charge in [-0.05, 0) is 53.6 Å². The SMILES string of the molecule is CCC(C)C1CNC(C)(C2CC2)CN1Cc1cc(Br)cs1. The summed E-state index contributed by atoms with van der Waals surface area (Å²) in [4.78, 5) is 4.23. The quantitative estimate of drug-likeness (QED) is 0.820. The average Bonchev–Trinajstić information content (AvgIpc) is 3.24. The van der Waals surface area contributed by atoms with Crippen LogP contribution in [-0.4, -0.2) is 29.6 Å². The van der Waals surface area contributed by atoms with E-state index in [1.807, 2.05) is 11.3 Å². The Morgan fingerprint density at radius 1 is 1.52 bits per heavy atom. The minimum absolute atomic E-state index is 0.332. The Balaban J connectivity index is 1.75. The maximum atomic E-state index is 3.90. The Bertz CT molecular complexity index is 485. The van der Waals surface area contributed by atoms with Gasteiger partial charge in [-0.15, -0.1) is 11.3 Å². The third-order valence-corrected chi connectivity index (χ3v) is 7.16. The van der Waals surface area contributed by atoms with Crippen LogP contribution < -0.4 is 5.32 Å². The predicted octanol–water partition coefficient (Wildman–Crippen LogP) is 4.50. The molecule has 3 unspecified atom stereocenters. The van der Waals surface area contributed by atoms with E-state index in [1.54, 1.807) is 0 Å². The van der Waals surface area contributed by atoms with Gasteiger partial charge in [-0.25, -0.2) is 0 Å². The molecule has 3 atom stereocenters. The number of hydrogen-bond acceptors (Lipinski definition) is 3. The monoisotopic (exact) mass is 370 g/mol. The highest BCUT2D eigenvalue weighted by Gasteiger charge is 2.46. The number of rotatable bonds is 5. The second-order valence-electron chi connectivity index (χ2n) is 7.16. The van der Waals surface area contributed by atoms with Gasteiger partial charge in [-0.1, -0.05) is 20.3 Å². The van der Waals surface area contributed by atoms with E-state index >= 15 is 0 Å². The lowest BCUT2D eigenvalue weighted by atomic mass is 9.87. The van der Waals surface area contributed by atoms with Crippen LogP contribution in [0.3, 0.4) is 0 Å². The largest absolute Gasteiger partial charge is 0.308 e. The Morgan fingerprint density at radius 3 is 2.86 bits per heavy atom. The van der Waals surface area contributed by atoms with Gasteiger partial charge >= 0.3 is 0 Å². The molecule has 0 amide bonds. The van der Waals surface area contributed by atoms with E-state index in [9.17, 15) is 0 Å². The minimum Gasteiger partial charge on any atom is -0.308 e. The van der Waals surface area contributed by atoms with Crippen molar-refractivity contribution >= 4 is 27.3 Å². The first kappa shape index (κ1) is 16.0. The van der Waals surface area contributed by atoms with Crippen molar-refractivity contribution in [2.45, 2.75) is 58.2 Å². The van der Waals surface area contributed by atoms with Gasteiger partial charge in [-0.2, -0.15) is 0 Å². The Labute approximate surface area is 141 Å². The van der Waals surface area contributed by atoms with Gasteiger partial charge in [0.15, 0.2) is 0 Å². The number of nitrogens with zero attached hydrogens (tertiary/aromatic N) is 1. The molecule has 2 aliphatic rings. The third-order valence-electron chi connectivity index (χ3n) is 5.48. The van der Waals surface area contributed by atoms with E-state index in [-0.39, 0.29) is 0 Å². The van der Waals surface area contributed by atoms with E-state index in [2.05, 4.69) is 58.4 Å². The number of thiophene rings is 1. The molecule has 3 rings (SSSR count). The maximum Gasteiger partial charge on any atom is 0.0332 e. The summed E-state index contributed by atoms with van der Waals surface area (Å²) in [6, 6.07) is 2.96. The first-order valence-corrected chi connectivity index (χ1v) is 9.91. The summed E-state index contributed by atoms with van der Waals surface area (Å²) in [5.41, 5.74) is 0.332. The Hall–Kier alpha value is 0.1000. The van der Waals surface area contributed by atoms with Crippen LogP contribution in [0.15, 0.2) is 15.9 Å². The van der Waals surface area contributed by atoms with E-state index in [4.69, 9.17) is 0 Å². The number of hydrogen-bond donors (Lipinski definition) is 1. The van der Waals surface area contributed by atoms with Crippen LogP contribution in [0.4, 0.5) is 0 Å². The second-order valence-corrected chi connectivity index (χ2v) is 9.07. The summed E-state index contributed by atoms with van der Waals surface area (Å²) in [6.45, 7) is 10.6. The number of piperazine rings is 1. The van der Waals surface area contributed by atoms with Crippen LogP contribution in [0.2, 0.25) is 0 Å². The summed E-state index contributed by atoms with van der Waals surface area (Å²) in [6.07, 6.45) is 4.09. The summed E-state index contributed by atoms with van der Waals surface area (Å²) < 4.78 is 1.22. The highest BCUT2D eigenvalue weighted by molar-refractivity contribution is 9.10. The van der Waals surface area contributed by atoms with Gasteiger partial charge < -0.3 is 5.32 Å². The van der Waals surface area contributed by atoms with Crippen LogP contribution in [0.1, 0.15) is 44.9 Å². The summed E-state index contributed by atoms with van der Waals surface area (Å²) in [5, 5.41) is 6.10. The van der Waals surface area contributed by atoms with Crippen molar-refractivity contribution in [1.29, 1.82) is 0 Å². The summed E-state index contributed by atoms with van der Waals surface area (Å²) in [7, 11) is 0. The standard InChI is InChI=1S/C17H27BrN2S/c1-4-12(2)16-8-19-17(3,13-5-6-13)11-20(16)9-15-7-14(18)10-21-15/h7,10,12-13,16,19H,4-6,8-9,11H2,1-3H3. The predicted molar refractivity (Wildman–Crippen MR) is 94.8 cm³/mol. The zero-order chi connectivity index (χ0) is 15.0. The molecule has 2 heterocycles. The van der Waals surface area contributed by atoms with Crippen molar-refractivity contribution < 1.29 is 0 Å². The van der Waals surface area contributed by atoms with E-state index in [1.165, 1.54) is 35.2 Å². The molecule has 0 spiro atoms. The molecule has 1 aromatic rings. The van der Waals surface area contributed by atoms with Gasteiger partial charge in [0.05, 0.1) is 0 Å². The summed E-state index contributed by atoms with van der Waals surface area (Å²) >= 11 is 5.47. The molecule has 2 nitrogen and oxygen atoms in total. The first-order valence-electron chi connectivity index (χ1n) is 8.24. The molecule has 0 radical (unpaired) electrons. The molecule has 0 bridgehead atoms. The highest BCUT2D eigenvalue weighted by Crippen LogP contribution is 2.42. The van der Waals surface area contributed by atoms with Gasteiger partial charge in [0, 0.05) is 45.9 Å². The van der Waals surface area contributed by atoms with Crippen molar-refractivity contribution in [1.82, 2.24) is 10.2 Å². The normalized spacial score (nSPS) is 32.3. The Kier molecular flexibility index (Phi) is 4.80. The fraction of sp³-hybridized carbons (Fsp3) is 0.765. The lowest BCUT2D eigenvalue weighted by Gasteiger charge is -2.48. The molecular weight excluding hydrogens is 344 g/mol. The molecule has 4 heteroatoms. The summed E-state index contributed by atoms with van der Waals surface area (Å²) in [5.74, 6) is 1.65. The third kappa shape index (κ3) is 3.54. The molecule has 2 fully saturated rings. The molecule has 0 aromatic carbocycles. The van der Waals surface area contributed by atoms with E-state index in [0.29, 0.717) is 11.6 Å². The molecule has 1 aromatic heterocycles. The van der Waals surface area contributed by atoms with E-state index < -0.39 is 0 Å². The van der Waals surface area contributed by atoms with Gasteiger partial charge in [0.2, 0.25) is 0 Å². The van der Waals surface area contributed by atoms with Crippen LogP contribution in [0.25, 0.3) is 0 Å². The molecule has 1 N–H and O–H groups in total. The van der Waals surface area contributed by atoms with Gasteiger partial charge in [-0.3, -0.25) is 4.90 Å². The molecule has 1 saturated heterocycles. The zero-order valence-corrected chi connectivity index (χ0v) is 15.8. The van der Waals surface area contributed by atoms with Crippen LogP contribution in [0.5, 0.6) is 0 Å². The fourth-order valence-corrected chi connectivity index (χ4v) is 5.17. The topological polar surface area (TPSA) is 15.3 Å². The molecule has 1 aliphatic carbocycles. The minimum atomic E-state index is 0.332. The number of halogens is 1. The fourth-order valence-electron chi connectivity index (χ4n) is 3.70. The molecule has 21 heavy (non-hydrogen) atoms. The highest BCUT2D eigenvalue weighted by atomic mass is 79.9. The van der Waals surface area contributed by atoms with Gasteiger partial charge in [0.25, 0.3) is 0 Å². The lowest BCUT2D eigenvalue weighted by Crippen LogP contribution is -2.64. The smallest absolute Gasteiger partial charge is 0.0332 e. The van der Waals surface area contributed by atoms with Gasteiger partial charge in [0.1, 0.15) is 0 Å². The van der Waals surface area contributed by atoms with Crippen LogP contribution >= 0.6 is 27.3 Å². The zero-order valence-electron chi connectivity index (χ0n) is 13.4. The Morgan fingerprint density at radius 2 is 2.29 bits per heavy atom. The van der Waals surface area contributed by atoms with E-state index in [0.717, 1.165) is 24.9 Å². The first-order chi connectivity index (χ1) is 10.0. The second kappa shape index (κ2) is 6.31. The molecular formula is C17H27BrN2S. The van der Waals surface area contributed by atoms with Crippen molar-refractivity contribution in [3.05, 3.63) is 20.8 Å². The molecule has 1 saturated carbocycles. The van der Waals surface area contributed by atoms with Crippen molar-refractivity contribution in [3.8, 4) is 0 Å². The van der Waals surface area contributed by atoms with Crippen LogP contribution in [0, 0.1) is 11.8 Å².